The lowest BCUT2D eigenvalue weighted by Crippen LogP contribution is -2.51. The standard InChI is InChI=1S/C18H28FN3O2S/c19-16-6-4-8-18(14-16)25(23,24)22(17-7-5-9-20-15-17)13-12-21-10-2-1-3-11-21/h4,6,8,14,17,20H,1-3,5,7,9-13,15H2. The second kappa shape index (κ2) is 8.58. The molecule has 1 aromatic rings. The SMILES string of the molecule is O=S(=O)(c1cccc(F)c1)N(CCN1CCCCC1)C1CCCNC1. The number of nitrogens with one attached hydrogen (secondary N) is 1. The highest BCUT2D eigenvalue weighted by Gasteiger charge is 2.32. The average Bonchev–Trinajstić information content (AvgIpc) is 2.63. The van der Waals surface area contributed by atoms with Crippen LogP contribution >= 0.6 is 0 Å². The molecule has 0 spiro atoms. The third-order valence-corrected chi connectivity index (χ3v) is 7.11. The van der Waals surface area contributed by atoms with E-state index in [1.807, 2.05) is 0 Å². The van der Waals surface area contributed by atoms with Crippen molar-refractivity contribution in [2.45, 2.75) is 43.0 Å². The highest BCUT2D eigenvalue weighted by atomic mass is 32.2. The molecule has 0 saturated carbocycles. The fourth-order valence-electron chi connectivity index (χ4n) is 3.76. The summed E-state index contributed by atoms with van der Waals surface area (Å²) in [5.74, 6) is -0.515. The molecule has 2 saturated heterocycles. The van der Waals surface area contributed by atoms with Crippen molar-refractivity contribution in [1.82, 2.24) is 14.5 Å². The van der Waals surface area contributed by atoms with Gasteiger partial charge in [-0.2, -0.15) is 4.31 Å². The smallest absolute Gasteiger partial charge is 0.243 e. The number of halogens is 1. The Bertz CT molecular complexity index is 656. The predicted molar refractivity (Wildman–Crippen MR) is 96.5 cm³/mol. The Morgan fingerprint density at radius 3 is 2.68 bits per heavy atom. The van der Waals surface area contributed by atoms with E-state index in [1.54, 1.807) is 4.31 Å². The Kier molecular flexibility index (Phi) is 6.44. The first-order valence-corrected chi connectivity index (χ1v) is 10.7. The van der Waals surface area contributed by atoms with Gasteiger partial charge in [-0.3, -0.25) is 0 Å². The highest BCUT2D eigenvalue weighted by molar-refractivity contribution is 7.89. The van der Waals surface area contributed by atoms with E-state index in [1.165, 1.54) is 37.5 Å². The monoisotopic (exact) mass is 369 g/mol. The largest absolute Gasteiger partial charge is 0.315 e. The van der Waals surface area contributed by atoms with Gasteiger partial charge in [-0.05, 0) is 63.5 Å². The van der Waals surface area contributed by atoms with Gasteiger partial charge in [0.05, 0.1) is 4.90 Å². The molecule has 1 aromatic carbocycles. The minimum absolute atomic E-state index is 0.0525. The quantitative estimate of drug-likeness (QED) is 0.834. The molecule has 2 aliphatic heterocycles. The zero-order valence-corrected chi connectivity index (χ0v) is 15.5. The second-order valence-electron chi connectivity index (χ2n) is 6.98. The van der Waals surface area contributed by atoms with Crippen molar-refractivity contribution in [3.63, 3.8) is 0 Å². The Hall–Kier alpha value is -1.02. The van der Waals surface area contributed by atoms with E-state index in [-0.39, 0.29) is 10.9 Å². The number of benzene rings is 1. The molecule has 2 aliphatic rings. The molecule has 1 N–H and O–H groups in total. The number of rotatable bonds is 6. The van der Waals surface area contributed by atoms with Crippen LogP contribution in [-0.4, -0.2) is 62.9 Å². The normalized spacial score (nSPS) is 23.0. The van der Waals surface area contributed by atoms with Gasteiger partial charge in [-0.25, -0.2) is 12.8 Å². The summed E-state index contributed by atoms with van der Waals surface area (Å²) >= 11 is 0. The van der Waals surface area contributed by atoms with Crippen molar-refractivity contribution in [3.8, 4) is 0 Å². The number of sulfonamides is 1. The molecule has 3 rings (SSSR count). The van der Waals surface area contributed by atoms with E-state index < -0.39 is 15.8 Å². The molecule has 0 bridgehead atoms. The van der Waals surface area contributed by atoms with E-state index in [0.717, 1.165) is 45.1 Å². The number of likely N-dealkylation sites (tertiary alicyclic amines) is 1. The third kappa shape index (κ3) is 4.78. The first-order valence-electron chi connectivity index (χ1n) is 9.28. The summed E-state index contributed by atoms with van der Waals surface area (Å²) in [4.78, 5) is 2.39. The number of nitrogens with zero attached hydrogens (tertiary/aromatic N) is 2. The van der Waals surface area contributed by atoms with Gasteiger partial charge in [0.25, 0.3) is 0 Å². The van der Waals surface area contributed by atoms with Crippen molar-refractivity contribution in [2.24, 2.45) is 0 Å². The first kappa shape index (κ1) is 18.8. The van der Waals surface area contributed by atoms with E-state index in [0.29, 0.717) is 13.1 Å². The number of hydrogen-bond donors (Lipinski definition) is 1. The number of piperidine rings is 2. The molecule has 2 fully saturated rings. The molecular formula is C18H28FN3O2S. The van der Waals surface area contributed by atoms with Gasteiger partial charge < -0.3 is 10.2 Å². The van der Waals surface area contributed by atoms with Crippen LogP contribution in [0, 0.1) is 5.82 Å². The fourth-order valence-corrected chi connectivity index (χ4v) is 5.44. The summed E-state index contributed by atoms with van der Waals surface area (Å²) < 4.78 is 41.5. The molecular weight excluding hydrogens is 341 g/mol. The number of hydrogen-bond acceptors (Lipinski definition) is 4. The van der Waals surface area contributed by atoms with Gasteiger partial charge in [-0.15, -0.1) is 0 Å². The lowest BCUT2D eigenvalue weighted by Gasteiger charge is -2.36. The van der Waals surface area contributed by atoms with E-state index in [9.17, 15) is 12.8 Å². The van der Waals surface area contributed by atoms with Crippen LogP contribution in [-0.2, 0) is 10.0 Å². The fraction of sp³-hybridized carbons (Fsp3) is 0.667. The van der Waals surface area contributed by atoms with Crippen molar-refractivity contribution in [3.05, 3.63) is 30.1 Å². The second-order valence-corrected chi connectivity index (χ2v) is 8.87. The highest BCUT2D eigenvalue weighted by Crippen LogP contribution is 2.22. The molecule has 0 aromatic heterocycles. The Morgan fingerprint density at radius 1 is 1.20 bits per heavy atom. The van der Waals surface area contributed by atoms with Gasteiger partial charge in [0, 0.05) is 25.7 Å². The molecule has 0 amide bonds. The van der Waals surface area contributed by atoms with E-state index >= 15 is 0 Å². The van der Waals surface area contributed by atoms with Gasteiger partial charge in [0.1, 0.15) is 5.82 Å². The zero-order valence-electron chi connectivity index (χ0n) is 14.7. The summed E-state index contributed by atoms with van der Waals surface area (Å²) in [5.41, 5.74) is 0. The first-order chi connectivity index (χ1) is 12.1. The summed E-state index contributed by atoms with van der Waals surface area (Å²) in [7, 11) is -3.70. The van der Waals surface area contributed by atoms with Gasteiger partial charge >= 0.3 is 0 Å². The maximum atomic E-state index is 13.6. The van der Waals surface area contributed by atoms with E-state index in [4.69, 9.17) is 0 Å². The lowest BCUT2D eigenvalue weighted by atomic mass is 10.1. The van der Waals surface area contributed by atoms with Crippen LogP contribution in [0.4, 0.5) is 4.39 Å². The average molecular weight is 370 g/mol. The Morgan fingerprint density at radius 2 is 2.00 bits per heavy atom. The third-order valence-electron chi connectivity index (χ3n) is 5.17. The van der Waals surface area contributed by atoms with Crippen molar-refractivity contribution in [1.29, 1.82) is 0 Å². The van der Waals surface area contributed by atoms with Crippen molar-refractivity contribution >= 4 is 10.0 Å². The predicted octanol–water partition coefficient (Wildman–Crippen LogP) is 2.05. The summed E-state index contributed by atoms with van der Waals surface area (Å²) in [5, 5.41) is 3.29. The molecule has 140 valence electrons. The molecule has 0 aliphatic carbocycles. The summed E-state index contributed by atoms with van der Waals surface area (Å²) in [6, 6.07) is 5.29. The van der Waals surface area contributed by atoms with Crippen LogP contribution in [0.2, 0.25) is 0 Å². The molecule has 2 heterocycles. The topological polar surface area (TPSA) is 52.7 Å². The van der Waals surface area contributed by atoms with Crippen LogP contribution in [0.15, 0.2) is 29.2 Å². The van der Waals surface area contributed by atoms with Crippen molar-refractivity contribution < 1.29 is 12.8 Å². The summed E-state index contributed by atoms with van der Waals surface area (Å²) in [6.07, 6.45) is 5.43. The Balaban J connectivity index is 1.79. The lowest BCUT2D eigenvalue weighted by molar-refractivity contribution is 0.190. The molecule has 1 unspecified atom stereocenters. The van der Waals surface area contributed by atoms with Crippen LogP contribution in [0.1, 0.15) is 32.1 Å². The summed E-state index contributed by atoms with van der Waals surface area (Å²) in [6.45, 7) is 4.87. The van der Waals surface area contributed by atoms with E-state index in [2.05, 4.69) is 10.2 Å². The van der Waals surface area contributed by atoms with Crippen LogP contribution in [0.25, 0.3) is 0 Å². The van der Waals surface area contributed by atoms with Crippen LogP contribution in [0.5, 0.6) is 0 Å². The van der Waals surface area contributed by atoms with Gasteiger partial charge in [0.15, 0.2) is 0 Å². The minimum Gasteiger partial charge on any atom is -0.315 e. The molecule has 1 atom stereocenters. The van der Waals surface area contributed by atoms with Crippen molar-refractivity contribution in [2.75, 3.05) is 39.3 Å². The molecule has 7 heteroatoms. The molecule has 25 heavy (non-hydrogen) atoms. The maximum absolute atomic E-state index is 13.6. The minimum atomic E-state index is -3.70. The molecule has 5 nitrogen and oxygen atoms in total. The van der Waals surface area contributed by atoms with Crippen LogP contribution in [0.3, 0.4) is 0 Å². The van der Waals surface area contributed by atoms with Gasteiger partial charge in [0.2, 0.25) is 10.0 Å². The van der Waals surface area contributed by atoms with Crippen LogP contribution < -0.4 is 5.32 Å². The zero-order chi connectivity index (χ0) is 17.7. The Labute approximate surface area is 150 Å². The van der Waals surface area contributed by atoms with Gasteiger partial charge in [-0.1, -0.05) is 12.5 Å². The molecule has 0 radical (unpaired) electrons. The maximum Gasteiger partial charge on any atom is 0.243 e.